The Labute approximate surface area is 85.6 Å². The predicted octanol–water partition coefficient (Wildman–Crippen LogP) is -1.20. The molecule has 1 atom stereocenters. The van der Waals surface area contributed by atoms with Crippen LogP contribution in [-0.2, 0) is 14.3 Å². The van der Waals surface area contributed by atoms with Crippen molar-refractivity contribution >= 4 is 18.2 Å². The number of aliphatic carboxylic acids is 1. The van der Waals surface area contributed by atoms with E-state index < -0.39 is 17.7 Å². The van der Waals surface area contributed by atoms with E-state index in [0.717, 1.165) is 6.21 Å². The number of carbonyl (C=O) groups is 2. The fraction of sp³-hybridized carbons (Fsp3) is 0.375. The molecule has 0 aromatic heterocycles. The maximum absolute atomic E-state index is 11.2. The third kappa shape index (κ3) is 2.32. The second-order valence-corrected chi connectivity index (χ2v) is 2.78. The van der Waals surface area contributed by atoms with E-state index in [-0.39, 0.29) is 12.3 Å². The number of esters is 1. The maximum Gasteiger partial charge on any atom is 0.368 e. The summed E-state index contributed by atoms with van der Waals surface area (Å²) in [7, 11) is 0. The van der Waals surface area contributed by atoms with Crippen LogP contribution in [0.15, 0.2) is 16.8 Å². The van der Waals surface area contributed by atoms with E-state index in [1.807, 2.05) is 0 Å². The quantitative estimate of drug-likeness (QED) is 0.507. The number of carboxylic acids is 1. The molecule has 1 aliphatic heterocycles. The highest BCUT2D eigenvalue weighted by atomic mass is 16.5. The third-order valence-corrected chi connectivity index (χ3v) is 1.67. The van der Waals surface area contributed by atoms with Gasteiger partial charge in [0.1, 0.15) is 5.70 Å². The molecule has 0 saturated carbocycles. The van der Waals surface area contributed by atoms with Crippen molar-refractivity contribution in [2.75, 3.05) is 6.61 Å². The average Bonchev–Trinajstić information content (AvgIpc) is 2.18. The largest absolute Gasteiger partial charge is 0.477 e. The molecular formula is C8H11N3O4. The van der Waals surface area contributed by atoms with Crippen LogP contribution in [-0.4, -0.2) is 35.7 Å². The summed E-state index contributed by atoms with van der Waals surface area (Å²) < 4.78 is 4.67. The van der Waals surface area contributed by atoms with Crippen LogP contribution >= 0.6 is 0 Å². The van der Waals surface area contributed by atoms with Gasteiger partial charge in [0.05, 0.1) is 6.61 Å². The molecule has 82 valence electrons. The number of nitrogens with two attached hydrogens (primary N) is 1. The first-order valence-electron chi connectivity index (χ1n) is 4.22. The molecule has 0 amide bonds. The molecule has 1 unspecified atom stereocenters. The zero-order valence-electron chi connectivity index (χ0n) is 8.06. The SMILES string of the molecule is CCOC(=O)C1=CC=NC(N)(C(=O)O)N1. The van der Waals surface area contributed by atoms with Crippen molar-refractivity contribution in [1.29, 1.82) is 0 Å². The number of aliphatic imine (C=N–C) groups is 1. The summed E-state index contributed by atoms with van der Waals surface area (Å²) in [5.74, 6) is -4.05. The molecule has 0 aromatic rings. The van der Waals surface area contributed by atoms with Gasteiger partial charge in [0.15, 0.2) is 0 Å². The first-order chi connectivity index (χ1) is 6.99. The minimum absolute atomic E-state index is 0.0308. The van der Waals surface area contributed by atoms with Crippen LogP contribution in [0.4, 0.5) is 0 Å². The standard InChI is InChI=1S/C8H11N3O4/c1-2-15-6(12)5-3-4-10-8(9,11-5)7(13)14/h3-4,11H,2,9H2,1H3,(H,13,14). The molecule has 0 bridgehead atoms. The van der Waals surface area contributed by atoms with Gasteiger partial charge in [-0.1, -0.05) is 0 Å². The number of nitrogens with one attached hydrogen (secondary N) is 1. The molecule has 1 rings (SSSR count). The normalized spacial score (nSPS) is 24.0. The summed E-state index contributed by atoms with van der Waals surface area (Å²) in [6, 6.07) is 0. The highest BCUT2D eigenvalue weighted by molar-refractivity contribution is 5.96. The first kappa shape index (κ1) is 11.2. The zero-order valence-corrected chi connectivity index (χ0v) is 8.06. The van der Waals surface area contributed by atoms with Gasteiger partial charge in [-0.3, -0.25) is 5.73 Å². The Balaban J connectivity index is 2.81. The number of hydrogen-bond donors (Lipinski definition) is 3. The minimum Gasteiger partial charge on any atom is -0.477 e. The van der Waals surface area contributed by atoms with E-state index in [2.05, 4.69) is 15.0 Å². The van der Waals surface area contributed by atoms with Gasteiger partial charge in [-0.05, 0) is 13.0 Å². The van der Waals surface area contributed by atoms with Gasteiger partial charge in [-0.2, -0.15) is 0 Å². The number of rotatable bonds is 3. The Bertz CT molecular complexity index is 350. The summed E-state index contributed by atoms with van der Waals surface area (Å²) in [6.07, 6.45) is 2.45. The third-order valence-electron chi connectivity index (χ3n) is 1.67. The molecular weight excluding hydrogens is 202 g/mol. The molecule has 0 spiro atoms. The Morgan fingerprint density at radius 3 is 2.93 bits per heavy atom. The van der Waals surface area contributed by atoms with Crippen molar-refractivity contribution in [3.8, 4) is 0 Å². The molecule has 7 nitrogen and oxygen atoms in total. The molecule has 0 saturated heterocycles. The van der Waals surface area contributed by atoms with Crippen molar-refractivity contribution in [3.05, 3.63) is 11.8 Å². The molecule has 4 N–H and O–H groups in total. The number of nitrogens with zero attached hydrogens (tertiary/aromatic N) is 1. The molecule has 1 aliphatic rings. The van der Waals surface area contributed by atoms with Crippen LogP contribution in [0, 0.1) is 0 Å². The minimum atomic E-state index is -2.00. The second-order valence-electron chi connectivity index (χ2n) is 2.78. The zero-order chi connectivity index (χ0) is 11.5. The van der Waals surface area contributed by atoms with Crippen molar-refractivity contribution in [2.45, 2.75) is 12.7 Å². The Morgan fingerprint density at radius 2 is 2.40 bits per heavy atom. The topological polar surface area (TPSA) is 114 Å². The monoisotopic (exact) mass is 213 g/mol. The van der Waals surface area contributed by atoms with Gasteiger partial charge in [0.25, 0.3) is 5.79 Å². The van der Waals surface area contributed by atoms with E-state index in [1.165, 1.54) is 6.08 Å². The van der Waals surface area contributed by atoms with E-state index in [4.69, 9.17) is 10.8 Å². The van der Waals surface area contributed by atoms with Crippen LogP contribution in [0.2, 0.25) is 0 Å². The Hall–Kier alpha value is -1.89. The van der Waals surface area contributed by atoms with E-state index in [9.17, 15) is 9.59 Å². The summed E-state index contributed by atoms with van der Waals surface area (Å²) in [4.78, 5) is 25.5. The lowest BCUT2D eigenvalue weighted by molar-refractivity contribution is -0.145. The lowest BCUT2D eigenvalue weighted by Gasteiger charge is -2.25. The van der Waals surface area contributed by atoms with Gasteiger partial charge in [0.2, 0.25) is 0 Å². The fourth-order valence-electron chi connectivity index (χ4n) is 0.945. The molecule has 0 aromatic carbocycles. The van der Waals surface area contributed by atoms with E-state index >= 15 is 0 Å². The van der Waals surface area contributed by atoms with Crippen LogP contribution in [0.3, 0.4) is 0 Å². The second kappa shape index (κ2) is 4.09. The predicted molar refractivity (Wildman–Crippen MR) is 50.9 cm³/mol. The number of hydrogen-bond acceptors (Lipinski definition) is 6. The van der Waals surface area contributed by atoms with E-state index in [1.54, 1.807) is 6.92 Å². The number of carbonyl (C=O) groups excluding carboxylic acids is 1. The summed E-state index contributed by atoms with van der Waals surface area (Å²) >= 11 is 0. The van der Waals surface area contributed by atoms with E-state index in [0.29, 0.717) is 0 Å². The first-order valence-corrected chi connectivity index (χ1v) is 4.22. The molecule has 7 heteroatoms. The lowest BCUT2D eigenvalue weighted by atomic mass is 10.2. The Morgan fingerprint density at radius 1 is 1.73 bits per heavy atom. The van der Waals surface area contributed by atoms with Gasteiger partial charge in [0, 0.05) is 6.21 Å². The smallest absolute Gasteiger partial charge is 0.368 e. The average molecular weight is 213 g/mol. The van der Waals surface area contributed by atoms with Gasteiger partial charge in [-0.15, -0.1) is 0 Å². The van der Waals surface area contributed by atoms with Crippen molar-refractivity contribution < 1.29 is 19.4 Å². The van der Waals surface area contributed by atoms with Gasteiger partial charge < -0.3 is 15.2 Å². The number of carboxylic acid groups (broad SMARTS) is 1. The fourth-order valence-corrected chi connectivity index (χ4v) is 0.945. The number of allylic oxidation sites excluding steroid dienone is 1. The van der Waals surface area contributed by atoms with Crippen molar-refractivity contribution in [3.63, 3.8) is 0 Å². The molecule has 0 aliphatic carbocycles. The highest BCUT2D eigenvalue weighted by Gasteiger charge is 2.36. The van der Waals surface area contributed by atoms with Crippen molar-refractivity contribution in [1.82, 2.24) is 5.32 Å². The van der Waals surface area contributed by atoms with Gasteiger partial charge in [-0.25, -0.2) is 14.6 Å². The Kier molecular flexibility index (Phi) is 3.05. The van der Waals surface area contributed by atoms with Gasteiger partial charge >= 0.3 is 11.9 Å². The summed E-state index contributed by atoms with van der Waals surface area (Å²) in [5.41, 5.74) is 5.34. The summed E-state index contributed by atoms with van der Waals surface area (Å²) in [6.45, 7) is 1.84. The molecule has 1 heterocycles. The van der Waals surface area contributed by atoms with Crippen LogP contribution in [0.25, 0.3) is 0 Å². The maximum atomic E-state index is 11.2. The molecule has 0 fully saturated rings. The number of ether oxygens (including phenoxy) is 1. The van der Waals surface area contributed by atoms with Crippen molar-refractivity contribution in [2.24, 2.45) is 10.7 Å². The highest BCUT2D eigenvalue weighted by Crippen LogP contribution is 2.08. The lowest BCUT2D eigenvalue weighted by Crippen LogP contribution is -2.59. The van der Waals surface area contributed by atoms with Crippen LogP contribution in [0.1, 0.15) is 6.92 Å². The molecule has 15 heavy (non-hydrogen) atoms. The van der Waals surface area contributed by atoms with Crippen LogP contribution < -0.4 is 11.1 Å². The summed E-state index contributed by atoms with van der Waals surface area (Å²) in [5, 5.41) is 11.0. The molecule has 0 radical (unpaired) electrons. The van der Waals surface area contributed by atoms with Crippen LogP contribution in [0.5, 0.6) is 0 Å².